The van der Waals surface area contributed by atoms with Crippen LogP contribution in [-0.4, -0.2) is 32.0 Å². The molecular weight excluding hydrogens is 280 g/mol. The fourth-order valence-corrected chi connectivity index (χ4v) is 2.10. The van der Waals surface area contributed by atoms with Crippen LogP contribution in [0, 0.1) is 5.92 Å². The van der Waals surface area contributed by atoms with Gasteiger partial charge >= 0.3 is 0 Å². The van der Waals surface area contributed by atoms with E-state index >= 15 is 0 Å². The van der Waals surface area contributed by atoms with Gasteiger partial charge in [-0.15, -0.1) is 0 Å². The molecule has 1 rings (SSSR count). The highest BCUT2D eigenvalue weighted by atomic mass is 16.5. The van der Waals surface area contributed by atoms with E-state index in [4.69, 9.17) is 4.74 Å². The van der Waals surface area contributed by atoms with Crippen molar-refractivity contribution in [3.63, 3.8) is 0 Å². The van der Waals surface area contributed by atoms with Crippen molar-refractivity contribution in [3.05, 3.63) is 24.3 Å². The van der Waals surface area contributed by atoms with Crippen LogP contribution < -0.4 is 15.0 Å². The number of rotatable bonds is 8. The van der Waals surface area contributed by atoms with Crippen molar-refractivity contribution in [2.24, 2.45) is 5.92 Å². The van der Waals surface area contributed by atoms with Crippen molar-refractivity contribution < 1.29 is 14.3 Å². The summed E-state index contributed by atoms with van der Waals surface area (Å²) in [4.78, 5) is 25.3. The largest absolute Gasteiger partial charge is 0.495 e. The zero-order chi connectivity index (χ0) is 16.5. The van der Waals surface area contributed by atoms with E-state index in [0.717, 1.165) is 6.42 Å². The molecular formula is C17H26N2O3. The summed E-state index contributed by atoms with van der Waals surface area (Å²) in [6.45, 7) is 6.73. The van der Waals surface area contributed by atoms with Crippen LogP contribution in [0.1, 0.15) is 33.6 Å². The lowest BCUT2D eigenvalue weighted by molar-refractivity contribution is -0.121. The van der Waals surface area contributed by atoms with Crippen LogP contribution in [-0.2, 0) is 9.59 Å². The van der Waals surface area contributed by atoms with Crippen LogP contribution in [0.4, 0.5) is 5.69 Å². The van der Waals surface area contributed by atoms with Gasteiger partial charge in [0.2, 0.25) is 11.8 Å². The fraction of sp³-hybridized carbons (Fsp3) is 0.529. The molecule has 0 heterocycles. The molecule has 5 heteroatoms. The van der Waals surface area contributed by atoms with Crippen LogP contribution in [0.3, 0.4) is 0 Å². The molecule has 0 unspecified atom stereocenters. The van der Waals surface area contributed by atoms with Crippen molar-refractivity contribution in [2.45, 2.75) is 33.6 Å². The fourth-order valence-electron chi connectivity index (χ4n) is 2.10. The summed E-state index contributed by atoms with van der Waals surface area (Å²) in [6.07, 6.45) is 1.23. The van der Waals surface area contributed by atoms with Crippen LogP contribution in [0.2, 0.25) is 0 Å². The van der Waals surface area contributed by atoms with Gasteiger partial charge in [0.05, 0.1) is 12.8 Å². The zero-order valence-electron chi connectivity index (χ0n) is 13.9. The number of carbonyl (C=O) groups excluding carboxylic acids is 2. The Labute approximate surface area is 132 Å². The van der Waals surface area contributed by atoms with E-state index in [9.17, 15) is 9.59 Å². The predicted molar refractivity (Wildman–Crippen MR) is 88.1 cm³/mol. The maximum atomic E-state index is 11.9. The number of nitrogens with zero attached hydrogens (tertiary/aromatic N) is 1. The van der Waals surface area contributed by atoms with E-state index in [1.807, 2.05) is 18.2 Å². The quantitative estimate of drug-likeness (QED) is 0.803. The molecule has 2 amide bonds. The van der Waals surface area contributed by atoms with E-state index in [1.165, 1.54) is 6.92 Å². The van der Waals surface area contributed by atoms with Gasteiger partial charge in [-0.1, -0.05) is 26.0 Å². The van der Waals surface area contributed by atoms with Crippen LogP contribution in [0.15, 0.2) is 24.3 Å². The number of ether oxygens (including phenoxy) is 1. The van der Waals surface area contributed by atoms with Gasteiger partial charge in [0.1, 0.15) is 5.75 Å². The van der Waals surface area contributed by atoms with Gasteiger partial charge in [-0.05, 0) is 24.5 Å². The van der Waals surface area contributed by atoms with E-state index in [1.54, 1.807) is 18.1 Å². The van der Waals surface area contributed by atoms with E-state index < -0.39 is 0 Å². The maximum absolute atomic E-state index is 11.9. The van der Waals surface area contributed by atoms with Crippen molar-refractivity contribution in [3.8, 4) is 5.75 Å². The van der Waals surface area contributed by atoms with Gasteiger partial charge < -0.3 is 15.0 Å². The zero-order valence-corrected chi connectivity index (χ0v) is 13.9. The first kappa shape index (κ1) is 18.0. The number of methoxy groups -OCH3 is 1. The number of amides is 2. The SMILES string of the molecule is COc1ccccc1N(CCC(=O)NCCC(C)C)C(C)=O. The first-order valence-corrected chi connectivity index (χ1v) is 7.63. The average Bonchev–Trinajstić information content (AvgIpc) is 2.47. The van der Waals surface area contributed by atoms with Gasteiger partial charge in [-0.2, -0.15) is 0 Å². The molecule has 1 N–H and O–H groups in total. The summed E-state index contributed by atoms with van der Waals surface area (Å²) in [5, 5.41) is 2.88. The Balaban J connectivity index is 2.62. The van der Waals surface area contributed by atoms with E-state index in [-0.39, 0.29) is 18.2 Å². The second kappa shape index (κ2) is 9.07. The van der Waals surface area contributed by atoms with Gasteiger partial charge in [-0.25, -0.2) is 0 Å². The average molecular weight is 306 g/mol. The third kappa shape index (κ3) is 5.76. The van der Waals surface area contributed by atoms with E-state index in [0.29, 0.717) is 30.4 Å². The molecule has 0 atom stereocenters. The maximum Gasteiger partial charge on any atom is 0.223 e. The molecule has 0 saturated heterocycles. The van der Waals surface area contributed by atoms with Crippen molar-refractivity contribution in [1.29, 1.82) is 0 Å². The third-order valence-corrected chi connectivity index (χ3v) is 3.36. The molecule has 0 saturated carbocycles. The summed E-state index contributed by atoms with van der Waals surface area (Å²) >= 11 is 0. The Morgan fingerprint density at radius 3 is 2.55 bits per heavy atom. The standard InChI is InChI=1S/C17H26N2O3/c1-13(2)9-11-18-17(21)10-12-19(14(3)20)15-7-5-6-8-16(15)22-4/h5-8,13H,9-12H2,1-4H3,(H,18,21). The summed E-state index contributed by atoms with van der Waals surface area (Å²) in [5.41, 5.74) is 0.687. The summed E-state index contributed by atoms with van der Waals surface area (Å²) in [6, 6.07) is 7.31. The molecule has 0 aliphatic rings. The molecule has 0 radical (unpaired) electrons. The second-order valence-corrected chi connectivity index (χ2v) is 5.62. The summed E-state index contributed by atoms with van der Waals surface area (Å²) in [5.74, 6) is 1.03. The first-order valence-electron chi connectivity index (χ1n) is 7.63. The molecule has 1 aromatic rings. The number of hydrogen-bond acceptors (Lipinski definition) is 3. The second-order valence-electron chi connectivity index (χ2n) is 5.62. The smallest absolute Gasteiger partial charge is 0.223 e. The lowest BCUT2D eigenvalue weighted by Crippen LogP contribution is -2.34. The molecule has 0 aromatic heterocycles. The molecule has 0 bridgehead atoms. The highest BCUT2D eigenvalue weighted by Crippen LogP contribution is 2.27. The Hall–Kier alpha value is -2.04. The van der Waals surface area contributed by atoms with Gasteiger partial charge in [0, 0.05) is 26.4 Å². The Morgan fingerprint density at radius 1 is 1.27 bits per heavy atom. The summed E-state index contributed by atoms with van der Waals surface area (Å²) in [7, 11) is 1.57. The number of anilines is 1. The molecule has 1 aromatic carbocycles. The van der Waals surface area contributed by atoms with Crippen LogP contribution in [0.5, 0.6) is 5.75 Å². The highest BCUT2D eigenvalue weighted by Gasteiger charge is 2.16. The monoisotopic (exact) mass is 306 g/mol. The van der Waals surface area contributed by atoms with Crippen LogP contribution in [0.25, 0.3) is 0 Å². The lowest BCUT2D eigenvalue weighted by atomic mass is 10.1. The van der Waals surface area contributed by atoms with Gasteiger partial charge in [-0.3, -0.25) is 9.59 Å². The molecule has 22 heavy (non-hydrogen) atoms. The molecule has 122 valence electrons. The molecule has 0 aliphatic carbocycles. The number of hydrogen-bond donors (Lipinski definition) is 1. The van der Waals surface area contributed by atoms with Crippen LogP contribution >= 0.6 is 0 Å². The molecule has 0 fully saturated rings. The normalized spacial score (nSPS) is 10.4. The van der Waals surface area contributed by atoms with Gasteiger partial charge in [0.25, 0.3) is 0 Å². The number of nitrogens with one attached hydrogen (secondary N) is 1. The molecule has 0 spiro atoms. The minimum Gasteiger partial charge on any atom is -0.495 e. The van der Waals surface area contributed by atoms with Crippen molar-refractivity contribution in [1.82, 2.24) is 5.32 Å². The van der Waals surface area contributed by atoms with Crippen molar-refractivity contribution >= 4 is 17.5 Å². The lowest BCUT2D eigenvalue weighted by Gasteiger charge is -2.23. The Kier molecular flexibility index (Phi) is 7.43. The summed E-state index contributed by atoms with van der Waals surface area (Å²) < 4.78 is 5.28. The molecule has 0 aliphatic heterocycles. The third-order valence-electron chi connectivity index (χ3n) is 3.36. The minimum absolute atomic E-state index is 0.0400. The number of benzene rings is 1. The molecule has 5 nitrogen and oxygen atoms in total. The topological polar surface area (TPSA) is 58.6 Å². The number of carbonyl (C=O) groups is 2. The Bertz CT molecular complexity index is 500. The minimum atomic E-state index is -0.112. The number of para-hydroxylation sites is 2. The van der Waals surface area contributed by atoms with E-state index in [2.05, 4.69) is 19.2 Å². The predicted octanol–water partition coefficient (Wildman–Crippen LogP) is 2.60. The first-order chi connectivity index (χ1) is 10.5. The van der Waals surface area contributed by atoms with Crippen molar-refractivity contribution in [2.75, 3.05) is 25.1 Å². The highest BCUT2D eigenvalue weighted by molar-refractivity contribution is 5.93. The van der Waals surface area contributed by atoms with Gasteiger partial charge in [0.15, 0.2) is 0 Å². The Morgan fingerprint density at radius 2 is 1.95 bits per heavy atom.